The number of thioether (sulfide) groups is 1. The van der Waals surface area contributed by atoms with E-state index in [-0.39, 0.29) is 5.75 Å². The van der Waals surface area contributed by atoms with Crippen molar-refractivity contribution in [1.29, 1.82) is 0 Å². The molecule has 96 valence electrons. The van der Waals surface area contributed by atoms with Crippen LogP contribution in [0, 0.1) is 0 Å². The van der Waals surface area contributed by atoms with E-state index in [1.54, 1.807) is 11.8 Å². The largest absolute Gasteiger partial charge is 0.229 e. The Morgan fingerprint density at radius 2 is 1.94 bits per heavy atom. The first kappa shape index (κ1) is 14.8. The molecule has 0 bridgehead atoms. The number of hydrogen-bond donors (Lipinski definition) is 1. The zero-order valence-electron chi connectivity index (χ0n) is 9.60. The van der Waals surface area contributed by atoms with Crippen LogP contribution in [0.2, 0.25) is 5.02 Å². The molecule has 0 aliphatic heterocycles. The molecular formula is C11H16ClNO2S2. The van der Waals surface area contributed by atoms with Crippen molar-refractivity contribution in [2.45, 2.75) is 18.6 Å². The van der Waals surface area contributed by atoms with Crippen molar-refractivity contribution in [3.63, 3.8) is 0 Å². The molecule has 2 N–H and O–H groups in total. The number of rotatable bonds is 6. The van der Waals surface area contributed by atoms with Crippen LogP contribution in [-0.4, -0.2) is 19.9 Å². The van der Waals surface area contributed by atoms with Gasteiger partial charge in [-0.3, -0.25) is 0 Å². The van der Waals surface area contributed by atoms with Gasteiger partial charge in [0.1, 0.15) is 0 Å². The lowest BCUT2D eigenvalue weighted by Gasteiger charge is -2.11. The summed E-state index contributed by atoms with van der Waals surface area (Å²) >= 11 is 7.52. The first-order chi connectivity index (χ1) is 7.88. The van der Waals surface area contributed by atoms with Gasteiger partial charge in [-0.15, -0.1) is 0 Å². The van der Waals surface area contributed by atoms with Crippen molar-refractivity contribution >= 4 is 33.4 Å². The molecule has 0 heterocycles. The maximum absolute atomic E-state index is 10.7. The molecule has 0 aliphatic carbocycles. The Morgan fingerprint density at radius 1 is 1.35 bits per heavy atom. The van der Waals surface area contributed by atoms with Crippen LogP contribution in [-0.2, 0) is 10.0 Å². The van der Waals surface area contributed by atoms with E-state index in [9.17, 15) is 8.42 Å². The second-order valence-electron chi connectivity index (χ2n) is 3.79. The molecule has 6 heteroatoms. The van der Waals surface area contributed by atoms with Gasteiger partial charge in [0.2, 0.25) is 10.0 Å². The van der Waals surface area contributed by atoms with Crippen molar-refractivity contribution in [1.82, 2.24) is 0 Å². The SMILES string of the molecule is C[C@@H](SCCCS(N)(=O)=O)c1ccc(Cl)cc1. The lowest BCUT2D eigenvalue weighted by Crippen LogP contribution is -2.16. The van der Waals surface area contributed by atoms with E-state index in [0.717, 1.165) is 10.8 Å². The molecule has 0 aliphatic rings. The second kappa shape index (κ2) is 6.64. The molecule has 0 amide bonds. The summed E-state index contributed by atoms with van der Waals surface area (Å²) in [5, 5.41) is 5.98. The predicted molar refractivity (Wildman–Crippen MR) is 74.9 cm³/mol. The van der Waals surface area contributed by atoms with Gasteiger partial charge in [0, 0.05) is 10.3 Å². The average Bonchev–Trinajstić information content (AvgIpc) is 2.24. The standard InChI is InChI=1S/C11H16ClNO2S2/c1-9(10-3-5-11(12)6-4-10)16-7-2-8-17(13,14)15/h3-6,9H,2,7-8H2,1H3,(H2,13,14,15)/t9-/m1/s1. The molecule has 1 atom stereocenters. The first-order valence-electron chi connectivity index (χ1n) is 5.26. The molecular weight excluding hydrogens is 278 g/mol. The molecule has 0 spiro atoms. The van der Waals surface area contributed by atoms with Crippen molar-refractivity contribution in [2.75, 3.05) is 11.5 Å². The van der Waals surface area contributed by atoms with Gasteiger partial charge in [-0.2, -0.15) is 11.8 Å². The average molecular weight is 294 g/mol. The molecule has 0 saturated heterocycles. The van der Waals surface area contributed by atoms with Gasteiger partial charge in [0.05, 0.1) is 5.75 Å². The van der Waals surface area contributed by atoms with E-state index < -0.39 is 10.0 Å². The maximum atomic E-state index is 10.7. The van der Waals surface area contributed by atoms with Crippen LogP contribution in [0.3, 0.4) is 0 Å². The molecule has 1 aromatic carbocycles. The number of primary sulfonamides is 1. The van der Waals surface area contributed by atoms with Crippen molar-refractivity contribution in [3.8, 4) is 0 Å². The zero-order valence-corrected chi connectivity index (χ0v) is 12.0. The summed E-state index contributed by atoms with van der Waals surface area (Å²) in [5.41, 5.74) is 1.19. The van der Waals surface area contributed by atoms with Crippen LogP contribution in [0.1, 0.15) is 24.2 Å². The Balaban J connectivity index is 2.35. The summed E-state index contributed by atoms with van der Waals surface area (Å²) in [7, 11) is -3.32. The summed E-state index contributed by atoms with van der Waals surface area (Å²) < 4.78 is 21.5. The Morgan fingerprint density at radius 3 is 2.47 bits per heavy atom. The third kappa shape index (κ3) is 6.31. The fourth-order valence-corrected chi connectivity index (χ4v) is 3.22. The molecule has 0 radical (unpaired) electrons. The molecule has 0 unspecified atom stereocenters. The number of benzene rings is 1. The fraction of sp³-hybridized carbons (Fsp3) is 0.455. The third-order valence-corrected chi connectivity index (χ3v) is 4.69. The van der Waals surface area contributed by atoms with Crippen LogP contribution in [0.15, 0.2) is 24.3 Å². The third-order valence-electron chi connectivity index (χ3n) is 2.28. The van der Waals surface area contributed by atoms with Gasteiger partial charge >= 0.3 is 0 Å². The highest BCUT2D eigenvalue weighted by Gasteiger charge is 2.07. The van der Waals surface area contributed by atoms with Gasteiger partial charge < -0.3 is 0 Å². The van der Waals surface area contributed by atoms with Crippen LogP contribution in [0.4, 0.5) is 0 Å². The minimum absolute atomic E-state index is 0.0489. The van der Waals surface area contributed by atoms with E-state index in [2.05, 4.69) is 6.92 Å². The molecule has 1 rings (SSSR count). The molecule has 0 saturated carbocycles. The van der Waals surface area contributed by atoms with Crippen LogP contribution >= 0.6 is 23.4 Å². The lowest BCUT2D eigenvalue weighted by molar-refractivity contribution is 0.596. The minimum atomic E-state index is -3.32. The zero-order chi connectivity index (χ0) is 12.9. The van der Waals surface area contributed by atoms with Crippen molar-refractivity contribution < 1.29 is 8.42 Å². The predicted octanol–water partition coefficient (Wildman–Crippen LogP) is 2.81. The van der Waals surface area contributed by atoms with Crippen LogP contribution in [0.25, 0.3) is 0 Å². The molecule has 17 heavy (non-hydrogen) atoms. The molecule has 1 aromatic rings. The van der Waals surface area contributed by atoms with Crippen molar-refractivity contribution in [3.05, 3.63) is 34.9 Å². The smallest absolute Gasteiger partial charge is 0.209 e. The van der Waals surface area contributed by atoms with E-state index in [4.69, 9.17) is 16.7 Å². The Bertz CT molecular complexity index is 445. The Kier molecular flexibility index (Phi) is 5.79. The number of hydrogen-bond acceptors (Lipinski definition) is 3. The highest BCUT2D eigenvalue weighted by molar-refractivity contribution is 7.99. The van der Waals surface area contributed by atoms with Gasteiger partial charge in [-0.1, -0.05) is 23.7 Å². The van der Waals surface area contributed by atoms with Crippen molar-refractivity contribution in [2.24, 2.45) is 5.14 Å². The highest BCUT2D eigenvalue weighted by Crippen LogP contribution is 2.29. The maximum Gasteiger partial charge on any atom is 0.209 e. The van der Waals surface area contributed by atoms with Gasteiger partial charge in [-0.25, -0.2) is 13.6 Å². The number of halogens is 1. The summed E-state index contributed by atoms with van der Waals surface area (Å²) in [4.78, 5) is 0. The first-order valence-corrected chi connectivity index (χ1v) is 8.40. The quantitative estimate of drug-likeness (QED) is 0.821. The summed E-state index contributed by atoms with van der Waals surface area (Å²) in [6.07, 6.45) is 0.585. The molecule has 3 nitrogen and oxygen atoms in total. The van der Waals surface area contributed by atoms with Crippen LogP contribution in [0.5, 0.6) is 0 Å². The lowest BCUT2D eigenvalue weighted by atomic mass is 10.2. The van der Waals surface area contributed by atoms with Gasteiger partial charge in [0.25, 0.3) is 0 Å². The minimum Gasteiger partial charge on any atom is -0.229 e. The number of nitrogens with two attached hydrogens (primary N) is 1. The van der Waals surface area contributed by atoms with Gasteiger partial charge in [0.15, 0.2) is 0 Å². The van der Waals surface area contributed by atoms with E-state index in [1.165, 1.54) is 5.56 Å². The van der Waals surface area contributed by atoms with Gasteiger partial charge in [-0.05, 0) is 36.8 Å². The summed E-state index contributed by atoms with van der Waals surface area (Å²) in [6, 6.07) is 7.69. The monoisotopic (exact) mass is 293 g/mol. The van der Waals surface area contributed by atoms with E-state index in [0.29, 0.717) is 11.7 Å². The topological polar surface area (TPSA) is 60.2 Å². The molecule has 0 fully saturated rings. The van der Waals surface area contributed by atoms with E-state index >= 15 is 0 Å². The summed E-state index contributed by atoms with van der Waals surface area (Å²) in [5.74, 6) is 0.827. The summed E-state index contributed by atoms with van der Waals surface area (Å²) in [6.45, 7) is 2.09. The second-order valence-corrected chi connectivity index (χ2v) is 7.40. The van der Waals surface area contributed by atoms with E-state index in [1.807, 2.05) is 24.3 Å². The Hall–Kier alpha value is -0.230. The van der Waals surface area contributed by atoms with Crippen LogP contribution < -0.4 is 5.14 Å². The highest BCUT2D eigenvalue weighted by atomic mass is 35.5. The fourth-order valence-electron chi connectivity index (χ4n) is 1.35. The number of sulfonamides is 1. The molecule has 0 aromatic heterocycles. The Labute approximate surface area is 112 Å². The normalized spacial score (nSPS) is 13.6.